The van der Waals surface area contributed by atoms with E-state index in [1.807, 2.05) is 51.1 Å². The zero-order valence-electron chi connectivity index (χ0n) is 19.5. The Morgan fingerprint density at radius 3 is 2.65 bits per heavy atom. The third kappa shape index (κ3) is 7.11. The molecule has 0 fully saturated rings. The number of anilines is 2. The van der Waals surface area contributed by atoms with Crippen LogP contribution in [0.3, 0.4) is 0 Å². The van der Waals surface area contributed by atoms with Gasteiger partial charge in [0.15, 0.2) is 5.13 Å². The van der Waals surface area contributed by atoms with Crippen molar-refractivity contribution in [3.8, 4) is 21.8 Å². The maximum absolute atomic E-state index is 11.9. The number of amides is 2. The smallest absolute Gasteiger partial charge is 0.315 e. The first-order valence-corrected chi connectivity index (χ1v) is 12.0. The number of carbonyl (C=O) groups excluding carboxylic acids is 1. The molecule has 0 aliphatic carbocycles. The maximum Gasteiger partial charge on any atom is 0.315 e. The van der Waals surface area contributed by atoms with E-state index in [0.717, 1.165) is 21.1 Å². The van der Waals surface area contributed by atoms with Gasteiger partial charge in [-0.1, -0.05) is 35.6 Å². The van der Waals surface area contributed by atoms with E-state index in [1.54, 1.807) is 6.20 Å². The Hall–Kier alpha value is -3.28. The van der Waals surface area contributed by atoms with Gasteiger partial charge in [-0.05, 0) is 32.4 Å². The Morgan fingerprint density at radius 1 is 1.15 bits per heavy atom. The molecule has 0 aliphatic rings. The standard InChI is InChI=1S/C23H31N7O3S/c1-4-24-22(33)26-10-15-7-5-6-8-17(15)18-9-19(20-12-27-23(34-20)28-14(2)3)30-21(29-18)25-11-16(32)13-31/h5-9,12,14,16,31-32H,4,10-11,13H2,1-3H3,(H,27,28)(H2,24,26,33)(H,25,29,30)/t16-/m1/s1. The molecule has 11 heteroatoms. The lowest BCUT2D eigenvalue weighted by molar-refractivity contribution is 0.105. The second-order valence-electron chi connectivity index (χ2n) is 7.88. The number of thiazole rings is 1. The van der Waals surface area contributed by atoms with Gasteiger partial charge in [0.05, 0.1) is 29.0 Å². The molecule has 10 nitrogen and oxygen atoms in total. The Balaban J connectivity index is 1.97. The van der Waals surface area contributed by atoms with Crippen LogP contribution in [-0.2, 0) is 6.54 Å². The third-order valence-electron chi connectivity index (χ3n) is 4.67. The number of aromatic nitrogens is 3. The number of aliphatic hydroxyl groups is 2. The van der Waals surface area contributed by atoms with Gasteiger partial charge in [-0.25, -0.2) is 19.7 Å². The van der Waals surface area contributed by atoms with E-state index in [-0.39, 0.29) is 25.2 Å². The summed E-state index contributed by atoms with van der Waals surface area (Å²) in [6.45, 7) is 6.56. The Labute approximate surface area is 202 Å². The molecule has 0 unspecified atom stereocenters. The van der Waals surface area contributed by atoms with Crippen LogP contribution in [0, 0.1) is 0 Å². The van der Waals surface area contributed by atoms with E-state index in [2.05, 4.69) is 36.2 Å². The number of rotatable bonds is 11. The van der Waals surface area contributed by atoms with E-state index in [4.69, 9.17) is 5.11 Å². The van der Waals surface area contributed by atoms with Crippen LogP contribution in [-0.4, -0.2) is 63.0 Å². The molecule has 0 spiro atoms. The number of aliphatic hydroxyl groups excluding tert-OH is 2. The molecule has 3 rings (SSSR count). The number of nitrogens with zero attached hydrogens (tertiary/aromatic N) is 3. The van der Waals surface area contributed by atoms with Gasteiger partial charge in [0.2, 0.25) is 5.95 Å². The van der Waals surface area contributed by atoms with E-state index in [9.17, 15) is 9.90 Å². The third-order valence-corrected chi connectivity index (χ3v) is 5.62. The predicted octanol–water partition coefficient (Wildman–Crippen LogP) is 2.67. The Bertz CT molecular complexity index is 1090. The zero-order chi connectivity index (χ0) is 24.5. The summed E-state index contributed by atoms with van der Waals surface area (Å²) in [6, 6.07) is 9.58. The van der Waals surface area contributed by atoms with Crippen LogP contribution in [0.4, 0.5) is 15.9 Å². The molecule has 0 radical (unpaired) electrons. The fourth-order valence-electron chi connectivity index (χ4n) is 3.09. The van der Waals surface area contributed by atoms with E-state index >= 15 is 0 Å². The number of benzene rings is 1. The first kappa shape index (κ1) is 25.3. The molecule has 6 N–H and O–H groups in total. The minimum atomic E-state index is -0.936. The van der Waals surface area contributed by atoms with Gasteiger partial charge in [-0.2, -0.15) is 0 Å². The second kappa shape index (κ2) is 12.3. The van der Waals surface area contributed by atoms with Crippen LogP contribution in [0.2, 0.25) is 0 Å². The van der Waals surface area contributed by atoms with Crippen LogP contribution in [0.15, 0.2) is 36.5 Å². The van der Waals surface area contributed by atoms with Crippen LogP contribution in [0.5, 0.6) is 0 Å². The molecule has 2 heterocycles. The van der Waals surface area contributed by atoms with Gasteiger partial charge in [-0.15, -0.1) is 0 Å². The summed E-state index contributed by atoms with van der Waals surface area (Å²) in [5, 5.41) is 31.6. The number of urea groups is 1. The van der Waals surface area contributed by atoms with Gasteiger partial charge in [0.1, 0.15) is 0 Å². The highest BCUT2D eigenvalue weighted by atomic mass is 32.1. The van der Waals surface area contributed by atoms with E-state index in [1.165, 1.54) is 11.3 Å². The molecular weight excluding hydrogens is 454 g/mol. The van der Waals surface area contributed by atoms with E-state index < -0.39 is 6.10 Å². The van der Waals surface area contributed by atoms with Crippen molar-refractivity contribution in [3.63, 3.8) is 0 Å². The molecule has 1 atom stereocenters. The predicted molar refractivity (Wildman–Crippen MR) is 135 cm³/mol. The zero-order valence-corrected chi connectivity index (χ0v) is 20.3. The average molecular weight is 486 g/mol. The molecule has 3 aromatic rings. The Kier molecular flexibility index (Phi) is 9.14. The highest BCUT2D eigenvalue weighted by Gasteiger charge is 2.15. The lowest BCUT2D eigenvalue weighted by Crippen LogP contribution is -2.34. The molecule has 182 valence electrons. The molecule has 2 aromatic heterocycles. The highest BCUT2D eigenvalue weighted by Crippen LogP contribution is 2.32. The SMILES string of the molecule is CCNC(=O)NCc1ccccc1-c1cc(-c2cnc(NC(C)C)s2)nc(NC[C@@H](O)CO)n1. The van der Waals surface area contributed by atoms with Gasteiger partial charge in [0, 0.05) is 37.4 Å². The van der Waals surface area contributed by atoms with Crippen molar-refractivity contribution in [1.82, 2.24) is 25.6 Å². The largest absolute Gasteiger partial charge is 0.394 e. The molecule has 0 bridgehead atoms. The summed E-state index contributed by atoms with van der Waals surface area (Å²) in [6.07, 6.45) is 0.825. The first-order valence-electron chi connectivity index (χ1n) is 11.1. The lowest BCUT2D eigenvalue weighted by Gasteiger charge is -2.14. The average Bonchev–Trinajstić information content (AvgIpc) is 3.29. The number of nitrogens with one attached hydrogen (secondary N) is 4. The molecule has 0 saturated heterocycles. The second-order valence-corrected chi connectivity index (χ2v) is 8.91. The first-order chi connectivity index (χ1) is 16.4. The number of hydrogen-bond donors (Lipinski definition) is 6. The van der Waals surface area contributed by atoms with Crippen molar-refractivity contribution in [3.05, 3.63) is 42.1 Å². The molecule has 2 amide bonds. The molecule has 0 saturated carbocycles. The summed E-state index contributed by atoms with van der Waals surface area (Å²) < 4.78 is 0. The van der Waals surface area contributed by atoms with Crippen LogP contribution < -0.4 is 21.3 Å². The fraction of sp³-hybridized carbons (Fsp3) is 0.391. The summed E-state index contributed by atoms with van der Waals surface area (Å²) >= 11 is 1.48. The number of hydrogen-bond acceptors (Lipinski definition) is 9. The molecular formula is C23H31N7O3S. The summed E-state index contributed by atoms with van der Waals surface area (Å²) in [5.74, 6) is 0.318. The van der Waals surface area contributed by atoms with E-state index in [0.29, 0.717) is 30.4 Å². The van der Waals surface area contributed by atoms with Gasteiger partial charge < -0.3 is 31.5 Å². The monoisotopic (exact) mass is 485 g/mol. The van der Waals surface area contributed by atoms with Gasteiger partial charge >= 0.3 is 6.03 Å². The van der Waals surface area contributed by atoms with Gasteiger partial charge in [0.25, 0.3) is 0 Å². The molecule has 0 aliphatic heterocycles. The van der Waals surface area contributed by atoms with Crippen molar-refractivity contribution < 1.29 is 15.0 Å². The Morgan fingerprint density at radius 2 is 1.91 bits per heavy atom. The fourth-order valence-corrected chi connectivity index (χ4v) is 4.02. The normalized spacial score (nSPS) is 11.8. The van der Waals surface area contributed by atoms with Crippen molar-refractivity contribution in [2.45, 2.75) is 39.5 Å². The molecule has 34 heavy (non-hydrogen) atoms. The van der Waals surface area contributed by atoms with Crippen LogP contribution in [0.25, 0.3) is 21.8 Å². The van der Waals surface area contributed by atoms with Crippen LogP contribution >= 0.6 is 11.3 Å². The minimum absolute atomic E-state index is 0.0998. The lowest BCUT2D eigenvalue weighted by atomic mass is 10.0. The minimum Gasteiger partial charge on any atom is -0.394 e. The van der Waals surface area contributed by atoms with Crippen molar-refractivity contribution in [2.24, 2.45) is 0 Å². The topological polar surface area (TPSA) is 144 Å². The quantitative estimate of drug-likeness (QED) is 0.243. The van der Waals surface area contributed by atoms with Gasteiger partial charge in [-0.3, -0.25) is 0 Å². The number of carbonyl (C=O) groups is 1. The van der Waals surface area contributed by atoms with Crippen molar-refractivity contribution >= 4 is 28.4 Å². The summed E-state index contributed by atoms with van der Waals surface area (Å²) in [4.78, 5) is 26.4. The van der Waals surface area contributed by atoms with Crippen LogP contribution in [0.1, 0.15) is 26.3 Å². The maximum atomic E-state index is 11.9. The molecule has 1 aromatic carbocycles. The summed E-state index contributed by atoms with van der Waals surface area (Å²) in [5.41, 5.74) is 3.07. The van der Waals surface area contributed by atoms with Crippen molar-refractivity contribution in [1.29, 1.82) is 0 Å². The summed E-state index contributed by atoms with van der Waals surface area (Å²) in [7, 11) is 0. The highest BCUT2D eigenvalue weighted by molar-refractivity contribution is 7.18. The van der Waals surface area contributed by atoms with Crippen molar-refractivity contribution in [2.75, 3.05) is 30.3 Å².